The zero-order valence-corrected chi connectivity index (χ0v) is 15.4. The van der Waals surface area contributed by atoms with E-state index in [0.29, 0.717) is 13.0 Å². The van der Waals surface area contributed by atoms with Crippen LogP contribution in [0.1, 0.15) is 36.8 Å². The van der Waals surface area contributed by atoms with Crippen LogP contribution in [-0.2, 0) is 22.9 Å². The second-order valence-electron chi connectivity index (χ2n) is 7.03. The van der Waals surface area contributed by atoms with Gasteiger partial charge in [0, 0.05) is 19.1 Å². The van der Waals surface area contributed by atoms with Crippen LogP contribution in [0.4, 0.5) is 4.79 Å². The number of nitrogens with one attached hydrogen (secondary N) is 2. The van der Waals surface area contributed by atoms with Gasteiger partial charge in [0.05, 0.1) is 11.5 Å². The minimum atomic E-state index is -2.98. The molecule has 2 heterocycles. The summed E-state index contributed by atoms with van der Waals surface area (Å²) in [6, 6.07) is 7.61. The highest BCUT2D eigenvalue weighted by atomic mass is 32.2. The summed E-state index contributed by atoms with van der Waals surface area (Å²) in [5, 5.41) is 5.63. The van der Waals surface area contributed by atoms with Gasteiger partial charge in [-0.3, -0.25) is 4.90 Å². The predicted octanol–water partition coefficient (Wildman–Crippen LogP) is 1.66. The molecule has 0 bridgehead atoms. The Hall–Kier alpha value is -1.60. The number of nitrogens with zero attached hydrogens (tertiary/aromatic N) is 1. The average molecular weight is 365 g/mol. The maximum absolute atomic E-state index is 12.1. The summed E-state index contributed by atoms with van der Waals surface area (Å²) in [5.41, 5.74) is 2.36. The SMILES string of the molecule is O=C(NCc1ccccc1CN1CCCCC1)NC1CCS(=O)(=O)C1. The molecule has 1 unspecified atom stereocenters. The average Bonchev–Trinajstić information content (AvgIpc) is 2.93. The molecule has 2 saturated heterocycles. The number of sulfone groups is 1. The molecule has 1 aromatic rings. The van der Waals surface area contributed by atoms with Crippen LogP contribution in [0.15, 0.2) is 24.3 Å². The lowest BCUT2D eigenvalue weighted by atomic mass is 10.0. The number of carbonyl (C=O) groups excluding carboxylic acids is 1. The van der Waals surface area contributed by atoms with Crippen molar-refractivity contribution in [1.82, 2.24) is 15.5 Å². The van der Waals surface area contributed by atoms with E-state index in [1.807, 2.05) is 18.2 Å². The molecule has 0 aromatic heterocycles. The third-order valence-corrected chi connectivity index (χ3v) is 6.74. The number of rotatable bonds is 5. The lowest BCUT2D eigenvalue weighted by Crippen LogP contribution is -2.42. The minimum Gasteiger partial charge on any atom is -0.334 e. The standard InChI is InChI=1S/C18H27N3O3S/c22-18(20-17-8-11-25(23,24)14-17)19-12-15-6-2-3-7-16(15)13-21-9-4-1-5-10-21/h2-3,6-7,17H,1,4-5,8-14H2,(H2,19,20,22). The van der Waals surface area contributed by atoms with Crippen LogP contribution in [0.5, 0.6) is 0 Å². The van der Waals surface area contributed by atoms with Crippen molar-refractivity contribution in [3.63, 3.8) is 0 Å². The number of amides is 2. The third-order valence-electron chi connectivity index (χ3n) is 4.97. The molecule has 138 valence electrons. The highest BCUT2D eigenvalue weighted by Crippen LogP contribution is 2.16. The lowest BCUT2D eigenvalue weighted by Gasteiger charge is -2.27. The normalized spacial score (nSPS) is 23.3. The minimum absolute atomic E-state index is 0.0476. The molecular formula is C18H27N3O3S. The first-order chi connectivity index (χ1) is 12.0. The number of urea groups is 1. The highest BCUT2D eigenvalue weighted by Gasteiger charge is 2.28. The molecule has 6 nitrogen and oxygen atoms in total. The van der Waals surface area contributed by atoms with Gasteiger partial charge in [0.15, 0.2) is 9.84 Å². The van der Waals surface area contributed by atoms with Gasteiger partial charge in [-0.05, 0) is 43.5 Å². The van der Waals surface area contributed by atoms with Crippen molar-refractivity contribution in [1.29, 1.82) is 0 Å². The van der Waals surface area contributed by atoms with E-state index >= 15 is 0 Å². The molecule has 0 saturated carbocycles. The summed E-state index contributed by atoms with van der Waals surface area (Å²) < 4.78 is 22.9. The zero-order valence-electron chi connectivity index (χ0n) is 14.5. The fraction of sp³-hybridized carbons (Fsp3) is 0.611. The van der Waals surface area contributed by atoms with Crippen molar-refractivity contribution in [2.24, 2.45) is 0 Å². The Labute approximate surface area is 149 Å². The van der Waals surface area contributed by atoms with Crippen LogP contribution in [-0.4, -0.2) is 50.0 Å². The van der Waals surface area contributed by atoms with Crippen LogP contribution in [0.2, 0.25) is 0 Å². The van der Waals surface area contributed by atoms with Gasteiger partial charge in [-0.15, -0.1) is 0 Å². The van der Waals surface area contributed by atoms with Gasteiger partial charge in [0.1, 0.15) is 0 Å². The highest BCUT2D eigenvalue weighted by molar-refractivity contribution is 7.91. The fourth-order valence-corrected chi connectivity index (χ4v) is 5.24. The van der Waals surface area contributed by atoms with Crippen LogP contribution in [0.3, 0.4) is 0 Å². The van der Waals surface area contributed by atoms with E-state index in [-0.39, 0.29) is 23.6 Å². The van der Waals surface area contributed by atoms with E-state index in [1.165, 1.54) is 24.8 Å². The van der Waals surface area contributed by atoms with Crippen LogP contribution in [0.25, 0.3) is 0 Å². The van der Waals surface area contributed by atoms with Crippen LogP contribution < -0.4 is 10.6 Å². The molecule has 0 spiro atoms. The quantitative estimate of drug-likeness (QED) is 0.832. The summed E-state index contributed by atoms with van der Waals surface area (Å²) in [6.45, 7) is 3.65. The topological polar surface area (TPSA) is 78.5 Å². The molecule has 2 amide bonds. The molecular weight excluding hydrogens is 338 g/mol. The van der Waals surface area contributed by atoms with Crippen molar-refractivity contribution in [3.05, 3.63) is 35.4 Å². The van der Waals surface area contributed by atoms with E-state index in [1.54, 1.807) is 0 Å². The smallest absolute Gasteiger partial charge is 0.315 e. The van der Waals surface area contributed by atoms with Gasteiger partial charge in [-0.2, -0.15) is 0 Å². The van der Waals surface area contributed by atoms with E-state index in [9.17, 15) is 13.2 Å². The number of likely N-dealkylation sites (tertiary alicyclic amines) is 1. The Kier molecular flexibility index (Phi) is 5.96. The number of hydrogen-bond acceptors (Lipinski definition) is 4. The third kappa shape index (κ3) is 5.44. The van der Waals surface area contributed by atoms with Crippen molar-refractivity contribution < 1.29 is 13.2 Å². The summed E-state index contributed by atoms with van der Waals surface area (Å²) in [5.74, 6) is 0.211. The van der Waals surface area contributed by atoms with Gasteiger partial charge in [0.25, 0.3) is 0 Å². The molecule has 1 atom stereocenters. The summed E-state index contributed by atoms with van der Waals surface area (Å²) in [7, 11) is -2.98. The van der Waals surface area contributed by atoms with Crippen molar-refractivity contribution in [3.8, 4) is 0 Å². The molecule has 0 aliphatic carbocycles. The molecule has 2 N–H and O–H groups in total. The number of benzene rings is 1. The van der Waals surface area contributed by atoms with E-state index in [2.05, 4.69) is 21.6 Å². The first-order valence-electron chi connectivity index (χ1n) is 9.06. The second-order valence-corrected chi connectivity index (χ2v) is 9.26. The Balaban J connectivity index is 1.51. The number of hydrogen-bond donors (Lipinski definition) is 2. The molecule has 2 aliphatic rings. The maximum atomic E-state index is 12.1. The predicted molar refractivity (Wildman–Crippen MR) is 98.0 cm³/mol. The van der Waals surface area contributed by atoms with Gasteiger partial charge >= 0.3 is 6.03 Å². The molecule has 7 heteroatoms. The Morgan fingerprint density at radius 1 is 1.12 bits per heavy atom. The first-order valence-corrected chi connectivity index (χ1v) is 10.9. The summed E-state index contributed by atoms with van der Waals surface area (Å²) in [6.07, 6.45) is 4.33. The molecule has 2 aliphatic heterocycles. The van der Waals surface area contributed by atoms with Crippen molar-refractivity contribution >= 4 is 15.9 Å². The second kappa shape index (κ2) is 8.19. The maximum Gasteiger partial charge on any atom is 0.315 e. The van der Waals surface area contributed by atoms with E-state index < -0.39 is 9.84 Å². The molecule has 1 aromatic carbocycles. The zero-order chi connectivity index (χ0) is 17.7. The van der Waals surface area contributed by atoms with Crippen molar-refractivity contribution in [2.75, 3.05) is 24.6 Å². The summed E-state index contributed by atoms with van der Waals surface area (Å²) in [4.78, 5) is 14.5. The Morgan fingerprint density at radius 2 is 1.84 bits per heavy atom. The monoisotopic (exact) mass is 365 g/mol. The number of piperidine rings is 1. The summed E-state index contributed by atoms with van der Waals surface area (Å²) >= 11 is 0. The van der Waals surface area contributed by atoms with E-state index in [0.717, 1.165) is 25.2 Å². The fourth-order valence-electron chi connectivity index (χ4n) is 3.56. The Morgan fingerprint density at radius 3 is 2.52 bits per heavy atom. The largest absolute Gasteiger partial charge is 0.334 e. The van der Waals surface area contributed by atoms with Gasteiger partial charge < -0.3 is 10.6 Å². The van der Waals surface area contributed by atoms with Gasteiger partial charge in [0.2, 0.25) is 0 Å². The van der Waals surface area contributed by atoms with Crippen LogP contribution >= 0.6 is 0 Å². The van der Waals surface area contributed by atoms with Gasteiger partial charge in [-0.1, -0.05) is 30.7 Å². The van der Waals surface area contributed by atoms with Gasteiger partial charge in [-0.25, -0.2) is 13.2 Å². The van der Waals surface area contributed by atoms with Crippen molar-refractivity contribution in [2.45, 2.75) is 44.8 Å². The first kappa shape index (κ1) is 18.2. The molecule has 0 radical (unpaired) electrons. The van der Waals surface area contributed by atoms with E-state index in [4.69, 9.17) is 0 Å². The van der Waals surface area contributed by atoms with Crippen LogP contribution in [0, 0.1) is 0 Å². The molecule has 3 rings (SSSR count). The molecule has 25 heavy (non-hydrogen) atoms. The number of carbonyl (C=O) groups is 1. The lowest BCUT2D eigenvalue weighted by molar-refractivity contribution is 0.220. The molecule has 2 fully saturated rings. The Bertz CT molecular complexity index is 699.